The van der Waals surface area contributed by atoms with E-state index in [1.807, 2.05) is 40.7 Å². The minimum atomic E-state index is -0.526. The van der Waals surface area contributed by atoms with E-state index < -0.39 is 11.7 Å². The van der Waals surface area contributed by atoms with Crippen LogP contribution in [-0.4, -0.2) is 16.8 Å². The lowest BCUT2D eigenvalue weighted by Crippen LogP contribution is -2.27. The second-order valence-corrected chi connectivity index (χ2v) is 5.37. The maximum Gasteiger partial charge on any atom is 0.412 e. The molecule has 1 amide bonds. The van der Waals surface area contributed by atoms with Gasteiger partial charge in [-0.3, -0.25) is 5.32 Å². The summed E-state index contributed by atoms with van der Waals surface area (Å²) < 4.78 is 5.20. The number of nitrogens with one attached hydrogen (secondary N) is 1. The summed E-state index contributed by atoms with van der Waals surface area (Å²) in [6, 6.07) is 3.65. The first kappa shape index (κ1) is 14.5. The predicted octanol–water partition coefficient (Wildman–Crippen LogP) is 3.14. The van der Waals surface area contributed by atoms with Crippen LogP contribution >= 0.6 is 0 Å². The molecule has 4 nitrogen and oxygen atoms in total. The summed E-state index contributed by atoms with van der Waals surface area (Å²) >= 11 is 0. The number of amides is 1. The van der Waals surface area contributed by atoms with Gasteiger partial charge in [0.15, 0.2) is 0 Å². The minimum absolute atomic E-state index is 0.0515. The second kappa shape index (κ2) is 5.40. The number of aliphatic hydroxyl groups is 1. The molecule has 0 radical (unpaired) electrons. The molecule has 0 atom stereocenters. The van der Waals surface area contributed by atoms with Crippen LogP contribution in [-0.2, 0) is 11.3 Å². The number of carbonyl (C=O) groups is 1. The Labute approximate surface area is 108 Å². The first-order valence-electron chi connectivity index (χ1n) is 5.94. The van der Waals surface area contributed by atoms with E-state index in [9.17, 15) is 4.79 Å². The third-order valence-electron chi connectivity index (χ3n) is 2.55. The van der Waals surface area contributed by atoms with Gasteiger partial charge in [0.25, 0.3) is 0 Å². The maximum absolute atomic E-state index is 11.7. The van der Waals surface area contributed by atoms with E-state index in [1.54, 1.807) is 6.07 Å². The van der Waals surface area contributed by atoms with Crippen LogP contribution in [0.5, 0.6) is 0 Å². The SMILES string of the molecule is Cc1cc(CO)cc(NC(=O)OC(C)(C)C)c1C. The molecule has 0 bridgehead atoms. The quantitative estimate of drug-likeness (QED) is 0.849. The number of hydrogen-bond acceptors (Lipinski definition) is 3. The summed E-state index contributed by atoms with van der Waals surface area (Å²) in [5.74, 6) is 0. The normalized spacial score (nSPS) is 11.2. The Kier molecular flexibility index (Phi) is 4.35. The zero-order valence-corrected chi connectivity index (χ0v) is 11.6. The lowest BCUT2D eigenvalue weighted by Gasteiger charge is -2.20. The van der Waals surface area contributed by atoms with Crippen LogP contribution in [0.1, 0.15) is 37.5 Å². The zero-order valence-electron chi connectivity index (χ0n) is 11.6. The van der Waals surface area contributed by atoms with E-state index in [-0.39, 0.29) is 6.61 Å². The molecular formula is C14H21NO3. The van der Waals surface area contributed by atoms with Gasteiger partial charge in [0.05, 0.1) is 6.61 Å². The van der Waals surface area contributed by atoms with E-state index in [1.165, 1.54) is 0 Å². The highest BCUT2D eigenvalue weighted by Crippen LogP contribution is 2.22. The summed E-state index contributed by atoms with van der Waals surface area (Å²) in [5.41, 5.74) is 2.91. The molecule has 0 aliphatic carbocycles. The van der Waals surface area contributed by atoms with Gasteiger partial charge in [-0.2, -0.15) is 0 Å². The molecule has 1 aromatic rings. The summed E-state index contributed by atoms with van der Waals surface area (Å²) in [7, 11) is 0. The molecule has 0 saturated carbocycles. The fourth-order valence-corrected chi connectivity index (χ4v) is 1.57. The van der Waals surface area contributed by atoms with Gasteiger partial charge < -0.3 is 9.84 Å². The molecule has 0 unspecified atom stereocenters. The Morgan fingerprint density at radius 1 is 1.33 bits per heavy atom. The topological polar surface area (TPSA) is 58.6 Å². The van der Waals surface area contributed by atoms with E-state index >= 15 is 0 Å². The number of aryl methyl sites for hydroxylation is 1. The van der Waals surface area contributed by atoms with Crippen molar-refractivity contribution in [2.24, 2.45) is 0 Å². The number of carbonyl (C=O) groups excluding carboxylic acids is 1. The van der Waals surface area contributed by atoms with Crippen molar-refractivity contribution < 1.29 is 14.6 Å². The Morgan fingerprint density at radius 2 is 1.94 bits per heavy atom. The van der Waals surface area contributed by atoms with Crippen molar-refractivity contribution >= 4 is 11.8 Å². The van der Waals surface area contributed by atoms with Crippen LogP contribution in [0.4, 0.5) is 10.5 Å². The van der Waals surface area contributed by atoms with Crippen molar-refractivity contribution in [2.75, 3.05) is 5.32 Å². The molecule has 0 aromatic heterocycles. The van der Waals surface area contributed by atoms with Crippen LogP contribution in [0.25, 0.3) is 0 Å². The smallest absolute Gasteiger partial charge is 0.412 e. The van der Waals surface area contributed by atoms with Gasteiger partial charge in [-0.25, -0.2) is 4.79 Å². The van der Waals surface area contributed by atoms with Crippen molar-refractivity contribution in [3.63, 3.8) is 0 Å². The Balaban J connectivity index is 2.90. The zero-order chi connectivity index (χ0) is 13.9. The van der Waals surface area contributed by atoms with Crippen LogP contribution < -0.4 is 5.32 Å². The van der Waals surface area contributed by atoms with Crippen LogP contribution in [0.2, 0.25) is 0 Å². The summed E-state index contributed by atoms with van der Waals surface area (Å²) in [6.45, 7) is 9.25. The van der Waals surface area contributed by atoms with Crippen molar-refractivity contribution in [3.05, 3.63) is 28.8 Å². The number of rotatable bonds is 2. The molecule has 0 spiro atoms. The Bertz CT molecular complexity index is 447. The molecule has 0 fully saturated rings. The molecule has 18 heavy (non-hydrogen) atoms. The van der Waals surface area contributed by atoms with Crippen molar-refractivity contribution in [1.82, 2.24) is 0 Å². The highest BCUT2D eigenvalue weighted by molar-refractivity contribution is 5.86. The van der Waals surface area contributed by atoms with Gasteiger partial charge in [0.2, 0.25) is 0 Å². The Morgan fingerprint density at radius 3 is 2.44 bits per heavy atom. The highest BCUT2D eigenvalue weighted by Gasteiger charge is 2.17. The van der Waals surface area contributed by atoms with Crippen LogP contribution in [0.3, 0.4) is 0 Å². The fourth-order valence-electron chi connectivity index (χ4n) is 1.57. The largest absolute Gasteiger partial charge is 0.444 e. The monoisotopic (exact) mass is 251 g/mol. The molecule has 0 aliphatic heterocycles. The van der Waals surface area contributed by atoms with Crippen LogP contribution in [0, 0.1) is 13.8 Å². The third-order valence-corrected chi connectivity index (χ3v) is 2.55. The van der Waals surface area contributed by atoms with Crippen molar-refractivity contribution in [3.8, 4) is 0 Å². The standard InChI is InChI=1S/C14H21NO3/c1-9-6-11(8-16)7-12(10(9)2)15-13(17)18-14(3,4)5/h6-7,16H,8H2,1-5H3,(H,15,17). The molecule has 0 heterocycles. The molecular weight excluding hydrogens is 230 g/mol. The summed E-state index contributed by atoms with van der Waals surface area (Å²) in [4.78, 5) is 11.7. The molecule has 4 heteroatoms. The highest BCUT2D eigenvalue weighted by atomic mass is 16.6. The van der Waals surface area contributed by atoms with Gasteiger partial charge in [-0.15, -0.1) is 0 Å². The van der Waals surface area contributed by atoms with Gasteiger partial charge >= 0.3 is 6.09 Å². The molecule has 2 N–H and O–H groups in total. The van der Waals surface area contributed by atoms with E-state index in [0.29, 0.717) is 5.69 Å². The average molecular weight is 251 g/mol. The number of aliphatic hydroxyl groups excluding tert-OH is 1. The van der Waals surface area contributed by atoms with E-state index in [4.69, 9.17) is 9.84 Å². The molecule has 1 aromatic carbocycles. The van der Waals surface area contributed by atoms with Gasteiger partial charge in [-0.1, -0.05) is 6.07 Å². The van der Waals surface area contributed by atoms with Crippen LogP contribution in [0.15, 0.2) is 12.1 Å². The second-order valence-electron chi connectivity index (χ2n) is 5.37. The van der Waals surface area contributed by atoms with Crippen molar-refractivity contribution in [2.45, 2.75) is 46.8 Å². The molecule has 0 saturated heterocycles. The van der Waals surface area contributed by atoms with E-state index in [2.05, 4.69) is 5.32 Å². The predicted molar refractivity (Wildman–Crippen MR) is 71.7 cm³/mol. The third kappa shape index (κ3) is 4.04. The minimum Gasteiger partial charge on any atom is -0.444 e. The van der Waals surface area contributed by atoms with Gasteiger partial charge in [0.1, 0.15) is 5.60 Å². The fraction of sp³-hybridized carbons (Fsp3) is 0.500. The number of ether oxygens (including phenoxy) is 1. The van der Waals surface area contributed by atoms with Crippen molar-refractivity contribution in [1.29, 1.82) is 0 Å². The lowest BCUT2D eigenvalue weighted by atomic mass is 10.0. The summed E-state index contributed by atoms with van der Waals surface area (Å²) in [6.07, 6.45) is -0.486. The number of anilines is 1. The molecule has 0 aliphatic rings. The first-order valence-corrected chi connectivity index (χ1v) is 5.94. The number of hydrogen-bond donors (Lipinski definition) is 2. The van der Waals surface area contributed by atoms with Gasteiger partial charge in [-0.05, 0) is 57.4 Å². The van der Waals surface area contributed by atoms with E-state index in [0.717, 1.165) is 16.7 Å². The average Bonchev–Trinajstić information content (AvgIpc) is 2.21. The Hall–Kier alpha value is -1.55. The van der Waals surface area contributed by atoms with Gasteiger partial charge in [0, 0.05) is 5.69 Å². The molecule has 100 valence electrons. The first-order chi connectivity index (χ1) is 8.23. The summed E-state index contributed by atoms with van der Waals surface area (Å²) in [5, 5.41) is 11.9. The lowest BCUT2D eigenvalue weighted by molar-refractivity contribution is 0.0636. The number of benzene rings is 1. The maximum atomic E-state index is 11.7. The molecule has 1 rings (SSSR count).